The molecule has 0 bridgehead atoms. The van der Waals surface area contributed by atoms with Gasteiger partial charge in [0.25, 0.3) is 0 Å². The summed E-state index contributed by atoms with van der Waals surface area (Å²) in [7, 11) is 4.15. The number of nitrogens with zero attached hydrogens (tertiary/aromatic N) is 2. The number of fused-ring (bicyclic) bond motifs is 1. The Hall–Kier alpha value is -1.68. The molecule has 164 valence electrons. The van der Waals surface area contributed by atoms with Crippen LogP contribution in [0.2, 0.25) is 5.02 Å². The predicted octanol–water partition coefficient (Wildman–Crippen LogP) is 4.88. The first-order valence-corrected chi connectivity index (χ1v) is 12.1. The molecular formula is C25H29ClN2O2S. The van der Waals surface area contributed by atoms with E-state index in [-0.39, 0.29) is 6.10 Å². The number of halogens is 1. The Morgan fingerprint density at radius 2 is 1.97 bits per heavy atom. The van der Waals surface area contributed by atoms with Gasteiger partial charge in [0.05, 0.1) is 12.0 Å². The van der Waals surface area contributed by atoms with Gasteiger partial charge in [-0.2, -0.15) is 0 Å². The van der Waals surface area contributed by atoms with E-state index in [1.54, 1.807) is 0 Å². The summed E-state index contributed by atoms with van der Waals surface area (Å²) in [5.74, 6) is 7.45. The molecule has 4 rings (SSSR count). The number of rotatable bonds is 8. The van der Waals surface area contributed by atoms with Gasteiger partial charge in [-0.05, 0) is 56.1 Å². The average molecular weight is 457 g/mol. The van der Waals surface area contributed by atoms with Crippen molar-refractivity contribution in [1.82, 2.24) is 9.80 Å². The van der Waals surface area contributed by atoms with Crippen molar-refractivity contribution in [2.24, 2.45) is 0 Å². The van der Waals surface area contributed by atoms with Crippen molar-refractivity contribution < 1.29 is 9.47 Å². The van der Waals surface area contributed by atoms with Crippen LogP contribution in [0.4, 0.5) is 0 Å². The lowest BCUT2D eigenvalue weighted by atomic mass is 10.1. The van der Waals surface area contributed by atoms with Gasteiger partial charge in [0.1, 0.15) is 17.3 Å². The fourth-order valence-electron chi connectivity index (χ4n) is 3.62. The summed E-state index contributed by atoms with van der Waals surface area (Å²) in [6.07, 6.45) is 1.76. The fraction of sp³-hybridized carbons (Fsp3) is 0.440. The average Bonchev–Trinajstić information content (AvgIpc) is 3.56. The first kappa shape index (κ1) is 22.5. The summed E-state index contributed by atoms with van der Waals surface area (Å²) < 4.78 is 12.0. The van der Waals surface area contributed by atoms with E-state index < -0.39 is 0 Å². The zero-order valence-electron chi connectivity index (χ0n) is 18.1. The van der Waals surface area contributed by atoms with Crippen molar-refractivity contribution >= 4 is 23.4 Å². The SMILES string of the molecule is CN(C)CCC(Oc1ccc(C#CCCN2CCOC3SC32)cc1)c1ccc(Cl)cc1. The van der Waals surface area contributed by atoms with Crippen LogP contribution in [0.3, 0.4) is 0 Å². The highest BCUT2D eigenvalue weighted by Gasteiger charge is 2.46. The summed E-state index contributed by atoms with van der Waals surface area (Å²) in [4.78, 5) is 4.65. The normalized spacial score (nSPS) is 21.2. The van der Waals surface area contributed by atoms with E-state index >= 15 is 0 Å². The Kier molecular flexibility index (Phi) is 7.81. The molecule has 2 fully saturated rings. The monoisotopic (exact) mass is 456 g/mol. The van der Waals surface area contributed by atoms with Gasteiger partial charge in [-0.25, -0.2) is 0 Å². The second-order valence-corrected chi connectivity index (χ2v) is 9.78. The van der Waals surface area contributed by atoms with E-state index in [4.69, 9.17) is 21.1 Å². The summed E-state index contributed by atoms with van der Waals surface area (Å²) in [6.45, 7) is 3.82. The highest BCUT2D eigenvalue weighted by atomic mass is 35.5. The summed E-state index contributed by atoms with van der Waals surface area (Å²) in [5.41, 5.74) is 2.56. The van der Waals surface area contributed by atoms with Gasteiger partial charge in [-0.1, -0.05) is 35.6 Å². The molecule has 2 aromatic rings. The fourth-order valence-corrected chi connectivity index (χ4v) is 4.73. The summed E-state index contributed by atoms with van der Waals surface area (Å²) >= 11 is 7.96. The molecule has 6 heteroatoms. The Morgan fingerprint density at radius 1 is 1.19 bits per heavy atom. The van der Waals surface area contributed by atoms with E-state index in [1.165, 1.54) is 0 Å². The third-order valence-corrected chi connectivity index (χ3v) is 6.84. The van der Waals surface area contributed by atoms with E-state index in [2.05, 4.69) is 35.7 Å². The second-order valence-electron chi connectivity index (χ2n) is 8.13. The lowest BCUT2D eigenvalue weighted by Gasteiger charge is -2.23. The highest BCUT2D eigenvalue weighted by Crippen LogP contribution is 2.46. The van der Waals surface area contributed by atoms with Crippen LogP contribution in [0.5, 0.6) is 5.75 Å². The second kappa shape index (κ2) is 10.8. The standard InChI is InChI=1S/C25H29ClN2O2S/c1-27(2)16-14-23(20-8-10-21(26)11-9-20)30-22-12-6-19(7-13-22)5-3-4-15-28-17-18-29-25-24(28)31-25/h6-13,23-25H,4,14-18H2,1-2H3. The maximum Gasteiger partial charge on any atom is 0.129 e. The van der Waals surface area contributed by atoms with Crippen molar-refractivity contribution in [2.75, 3.05) is 40.3 Å². The van der Waals surface area contributed by atoms with Gasteiger partial charge >= 0.3 is 0 Å². The van der Waals surface area contributed by atoms with Crippen molar-refractivity contribution in [3.05, 3.63) is 64.7 Å². The lowest BCUT2D eigenvalue weighted by molar-refractivity contribution is 0.0341. The number of ether oxygens (including phenoxy) is 2. The molecule has 0 amide bonds. The lowest BCUT2D eigenvalue weighted by Crippen LogP contribution is -2.37. The molecule has 0 radical (unpaired) electrons. The largest absolute Gasteiger partial charge is 0.486 e. The number of benzene rings is 2. The van der Waals surface area contributed by atoms with Crippen LogP contribution in [0, 0.1) is 11.8 Å². The Balaban J connectivity index is 1.32. The van der Waals surface area contributed by atoms with Gasteiger partial charge < -0.3 is 14.4 Å². The molecule has 0 N–H and O–H groups in total. The maximum absolute atomic E-state index is 6.33. The van der Waals surface area contributed by atoms with Crippen molar-refractivity contribution in [1.29, 1.82) is 0 Å². The van der Waals surface area contributed by atoms with Crippen molar-refractivity contribution in [2.45, 2.75) is 29.8 Å². The quantitative estimate of drug-likeness (QED) is 0.416. The van der Waals surface area contributed by atoms with E-state index in [9.17, 15) is 0 Å². The molecule has 2 saturated heterocycles. The van der Waals surface area contributed by atoms with E-state index in [0.29, 0.717) is 10.8 Å². The molecule has 4 nitrogen and oxygen atoms in total. The minimum atomic E-state index is -0.0192. The van der Waals surface area contributed by atoms with Gasteiger partial charge in [-0.15, -0.1) is 11.8 Å². The number of morpholine rings is 1. The third kappa shape index (κ3) is 6.65. The molecule has 0 spiro atoms. The molecule has 3 atom stereocenters. The van der Waals surface area contributed by atoms with Gasteiger partial charge in [0.2, 0.25) is 0 Å². The van der Waals surface area contributed by atoms with Crippen LogP contribution in [-0.2, 0) is 4.74 Å². The molecule has 0 aliphatic carbocycles. The van der Waals surface area contributed by atoms with Crippen LogP contribution in [-0.4, -0.2) is 60.9 Å². The minimum absolute atomic E-state index is 0.0192. The summed E-state index contributed by atoms with van der Waals surface area (Å²) in [6, 6.07) is 16.0. The smallest absolute Gasteiger partial charge is 0.129 e. The Labute approximate surface area is 194 Å². The molecule has 3 unspecified atom stereocenters. The zero-order valence-corrected chi connectivity index (χ0v) is 19.7. The number of hydrogen-bond donors (Lipinski definition) is 0. The number of thioether (sulfide) groups is 1. The molecule has 31 heavy (non-hydrogen) atoms. The Morgan fingerprint density at radius 3 is 2.71 bits per heavy atom. The first-order valence-electron chi connectivity index (χ1n) is 10.8. The summed E-state index contributed by atoms with van der Waals surface area (Å²) in [5, 5.41) is 1.30. The van der Waals surface area contributed by atoms with E-state index in [1.807, 2.05) is 60.3 Å². The van der Waals surface area contributed by atoms with Crippen LogP contribution in [0.1, 0.15) is 30.1 Å². The highest BCUT2D eigenvalue weighted by molar-refractivity contribution is 8.07. The molecule has 2 aliphatic heterocycles. The van der Waals surface area contributed by atoms with Crippen molar-refractivity contribution in [3.8, 4) is 17.6 Å². The minimum Gasteiger partial charge on any atom is -0.486 e. The van der Waals surface area contributed by atoms with Gasteiger partial charge in [0.15, 0.2) is 0 Å². The molecular weight excluding hydrogens is 428 g/mol. The molecule has 2 aliphatic rings. The Bertz CT molecular complexity index is 908. The molecule has 0 aromatic heterocycles. The van der Waals surface area contributed by atoms with Crippen LogP contribution in [0.25, 0.3) is 0 Å². The van der Waals surface area contributed by atoms with Crippen LogP contribution < -0.4 is 4.74 Å². The number of hydrogen-bond acceptors (Lipinski definition) is 5. The zero-order chi connectivity index (χ0) is 21.6. The maximum atomic E-state index is 6.33. The first-order chi connectivity index (χ1) is 15.1. The third-order valence-electron chi connectivity index (χ3n) is 5.42. The van der Waals surface area contributed by atoms with Crippen LogP contribution >= 0.6 is 23.4 Å². The molecule has 0 saturated carbocycles. The molecule has 2 aromatic carbocycles. The van der Waals surface area contributed by atoms with Crippen molar-refractivity contribution in [3.63, 3.8) is 0 Å². The topological polar surface area (TPSA) is 24.9 Å². The van der Waals surface area contributed by atoms with Gasteiger partial charge in [-0.3, -0.25) is 4.90 Å². The van der Waals surface area contributed by atoms with E-state index in [0.717, 1.165) is 61.0 Å². The van der Waals surface area contributed by atoms with Crippen LogP contribution in [0.15, 0.2) is 48.5 Å². The molecule has 2 heterocycles. The predicted molar refractivity (Wildman–Crippen MR) is 129 cm³/mol. The van der Waals surface area contributed by atoms with Gasteiger partial charge in [0, 0.05) is 43.1 Å².